The molecule has 1 saturated heterocycles. The van der Waals surface area contributed by atoms with E-state index in [0.29, 0.717) is 31.6 Å². The van der Waals surface area contributed by atoms with Crippen molar-refractivity contribution in [1.29, 1.82) is 0 Å². The Morgan fingerprint density at radius 2 is 2.09 bits per heavy atom. The maximum Gasteiger partial charge on any atom is 0.341 e. The first-order valence-electron chi connectivity index (χ1n) is 9.90. The first-order valence-corrected chi connectivity index (χ1v) is 11.8. The summed E-state index contributed by atoms with van der Waals surface area (Å²) in [5, 5.41) is 13.2. The number of nitrogens with zero attached hydrogens (tertiary/aromatic N) is 4. The van der Waals surface area contributed by atoms with Crippen molar-refractivity contribution in [1.82, 2.24) is 9.55 Å². The van der Waals surface area contributed by atoms with Gasteiger partial charge >= 0.3 is 5.97 Å². The van der Waals surface area contributed by atoms with Crippen LogP contribution in [0.1, 0.15) is 29.2 Å². The van der Waals surface area contributed by atoms with E-state index in [4.69, 9.17) is 15.1 Å². The molecule has 1 saturated carbocycles. The zero-order chi connectivity index (χ0) is 24.5. The van der Waals surface area contributed by atoms with Crippen LogP contribution in [-0.2, 0) is 15.0 Å². The highest BCUT2D eigenvalue weighted by atomic mass is 32.2. The van der Waals surface area contributed by atoms with E-state index in [2.05, 4.69) is 10.1 Å². The van der Waals surface area contributed by atoms with E-state index in [0.717, 1.165) is 18.9 Å². The second-order valence-electron chi connectivity index (χ2n) is 7.79. The Morgan fingerprint density at radius 3 is 2.61 bits per heavy atom. The Bertz CT molecular complexity index is 1270. The number of hydrogen-bond donors (Lipinski definition) is 3. The minimum absolute atomic E-state index is 0.0339. The topological polar surface area (TPSA) is 177 Å². The van der Waals surface area contributed by atoms with E-state index in [9.17, 15) is 27.5 Å². The molecular weight excluding hydrogens is 463 g/mol. The third kappa shape index (κ3) is 5.64. The summed E-state index contributed by atoms with van der Waals surface area (Å²) in [5.41, 5.74) is 5.65. The van der Waals surface area contributed by atoms with Crippen LogP contribution in [0.3, 0.4) is 0 Å². The van der Waals surface area contributed by atoms with Gasteiger partial charge in [-0.15, -0.1) is 0 Å². The van der Waals surface area contributed by atoms with Crippen LogP contribution in [0, 0.1) is 11.7 Å². The van der Waals surface area contributed by atoms with E-state index >= 15 is 0 Å². The lowest BCUT2D eigenvalue weighted by molar-refractivity contribution is 0.0694. The van der Waals surface area contributed by atoms with E-state index in [-0.39, 0.29) is 34.4 Å². The smallest absolute Gasteiger partial charge is 0.341 e. The van der Waals surface area contributed by atoms with Crippen molar-refractivity contribution in [2.45, 2.75) is 18.9 Å². The monoisotopic (exact) mass is 487 g/mol. The number of rotatable bonds is 5. The van der Waals surface area contributed by atoms with Crippen molar-refractivity contribution in [2.24, 2.45) is 16.8 Å². The van der Waals surface area contributed by atoms with Gasteiger partial charge in [0.05, 0.1) is 23.9 Å². The molecule has 0 radical (unpaired) electrons. The Morgan fingerprint density at radius 1 is 1.45 bits per heavy atom. The van der Waals surface area contributed by atoms with Crippen LogP contribution < -0.4 is 16.1 Å². The van der Waals surface area contributed by atoms with E-state index in [1.165, 1.54) is 13.3 Å². The van der Waals surface area contributed by atoms with Gasteiger partial charge in [-0.2, -0.15) is 8.42 Å². The van der Waals surface area contributed by atoms with Crippen LogP contribution in [0.4, 0.5) is 10.2 Å². The maximum absolute atomic E-state index is 14.9. The summed E-state index contributed by atoms with van der Waals surface area (Å²) in [6.07, 6.45) is 3.74. The lowest BCUT2D eigenvalue weighted by Crippen LogP contribution is -2.26. The minimum atomic E-state index is -3.67. The number of carbonyl (C=O) groups is 1. The van der Waals surface area contributed by atoms with E-state index < -0.39 is 27.3 Å². The zero-order valence-electron chi connectivity index (χ0n) is 17.9. The molecule has 14 heteroatoms. The number of pyridine rings is 2. The number of fused-ring (bicyclic) bond motifs is 1. The number of halogens is 1. The van der Waals surface area contributed by atoms with Crippen molar-refractivity contribution < 1.29 is 32.1 Å². The standard InChI is InChI=1S/C18H20FN5O4.CH4O3S/c1-28-22-14-8-23(6-9(14)5-20)17-13(19)4-11-15(25)12(18(26)27)7-24(10-2-3-10)16(11)21-17;1-5(2,3)4/h4,7,9-10H,2-3,5-6,8,20H2,1H3,(H,26,27);1H3,(H,2,3,4)/b22-14-;/i12+2;. The molecule has 1 aliphatic carbocycles. The van der Waals surface area contributed by atoms with Gasteiger partial charge in [-0.25, -0.2) is 14.2 Å². The van der Waals surface area contributed by atoms with Gasteiger partial charge in [0, 0.05) is 31.2 Å². The SMILES string of the molecule is CO/N=C1/CN(c2nc3c(cc2F)c(=O)[14c](C(=O)O)cn3C2CC2)CC1CN.CS(=O)(=O)O. The summed E-state index contributed by atoms with van der Waals surface area (Å²) >= 11 is 0. The Kier molecular flexibility index (Phi) is 7.00. The van der Waals surface area contributed by atoms with Crippen molar-refractivity contribution >= 4 is 38.7 Å². The van der Waals surface area contributed by atoms with Crippen molar-refractivity contribution in [3.8, 4) is 0 Å². The summed E-state index contributed by atoms with van der Waals surface area (Å²) in [7, 11) is -2.23. The molecule has 1 aliphatic heterocycles. The number of anilines is 1. The number of carboxylic acid groups (broad SMARTS) is 1. The Hall–Kier alpha value is -3.10. The molecule has 2 aliphatic rings. The number of hydrogen-bond acceptors (Lipinski definition) is 9. The summed E-state index contributed by atoms with van der Waals surface area (Å²) in [6.45, 7) is 1.07. The molecule has 2 fully saturated rings. The van der Waals surface area contributed by atoms with Crippen LogP contribution in [0.15, 0.2) is 22.2 Å². The molecular formula is C19H24FN5O7S. The third-order valence-corrected chi connectivity index (χ3v) is 5.17. The minimum Gasteiger partial charge on any atom is -0.477 e. The largest absolute Gasteiger partial charge is 0.477 e. The average Bonchev–Trinajstić information content (AvgIpc) is 3.47. The third-order valence-electron chi connectivity index (χ3n) is 5.17. The van der Waals surface area contributed by atoms with Crippen LogP contribution in [0.5, 0.6) is 0 Å². The molecule has 180 valence electrons. The Labute approximate surface area is 188 Å². The molecule has 2 aromatic heterocycles. The predicted octanol–water partition coefficient (Wildman–Crippen LogP) is 0.470. The molecule has 2 aromatic rings. The quantitative estimate of drug-likeness (QED) is 0.397. The molecule has 0 bridgehead atoms. The predicted molar refractivity (Wildman–Crippen MR) is 118 cm³/mol. The van der Waals surface area contributed by atoms with Crippen molar-refractivity contribution in [2.75, 3.05) is 37.9 Å². The highest BCUT2D eigenvalue weighted by Gasteiger charge is 2.33. The van der Waals surface area contributed by atoms with Crippen molar-refractivity contribution in [3.63, 3.8) is 0 Å². The van der Waals surface area contributed by atoms with Gasteiger partial charge in [-0.1, -0.05) is 5.16 Å². The summed E-state index contributed by atoms with van der Waals surface area (Å²) in [4.78, 5) is 34.9. The second-order valence-corrected chi connectivity index (χ2v) is 9.26. The highest BCUT2D eigenvalue weighted by molar-refractivity contribution is 7.85. The number of aromatic nitrogens is 2. The maximum atomic E-state index is 14.9. The fourth-order valence-corrected chi connectivity index (χ4v) is 3.60. The number of carboxylic acids is 1. The van der Waals surface area contributed by atoms with Gasteiger partial charge in [0.1, 0.15) is 18.3 Å². The molecule has 0 amide bonds. The first-order chi connectivity index (χ1) is 15.4. The van der Waals surface area contributed by atoms with Gasteiger partial charge in [-0.3, -0.25) is 9.35 Å². The van der Waals surface area contributed by atoms with E-state index in [1.54, 1.807) is 9.47 Å². The number of nitrogens with two attached hydrogens (primary N) is 1. The molecule has 0 spiro atoms. The van der Waals surface area contributed by atoms with Crippen LogP contribution in [-0.4, -0.2) is 72.3 Å². The normalized spacial score (nSPS) is 19.5. The lowest BCUT2D eigenvalue weighted by atomic mass is 10.1. The molecule has 0 aromatic carbocycles. The highest BCUT2D eigenvalue weighted by Crippen LogP contribution is 2.37. The molecule has 4 rings (SSSR count). The van der Waals surface area contributed by atoms with Crippen LogP contribution in [0.25, 0.3) is 11.0 Å². The zero-order valence-corrected chi connectivity index (χ0v) is 18.7. The summed E-state index contributed by atoms with van der Waals surface area (Å²) in [6, 6.07) is 1.14. The van der Waals surface area contributed by atoms with Crippen LogP contribution in [0.2, 0.25) is 0 Å². The molecule has 4 N–H and O–H groups in total. The second kappa shape index (κ2) is 9.41. The molecule has 3 heterocycles. The molecule has 1 unspecified atom stereocenters. The first kappa shape index (κ1) is 24.5. The molecule has 33 heavy (non-hydrogen) atoms. The van der Waals surface area contributed by atoms with Gasteiger partial charge < -0.3 is 25.1 Å². The van der Waals surface area contributed by atoms with Gasteiger partial charge in [-0.05, 0) is 18.9 Å². The van der Waals surface area contributed by atoms with Gasteiger partial charge in [0.15, 0.2) is 11.6 Å². The summed E-state index contributed by atoms with van der Waals surface area (Å²) < 4.78 is 42.4. The number of oxime groups is 1. The van der Waals surface area contributed by atoms with Gasteiger partial charge in [0.2, 0.25) is 5.43 Å². The fraction of sp³-hybridized carbons (Fsp3) is 0.474. The molecule has 1 atom stereocenters. The van der Waals surface area contributed by atoms with Gasteiger partial charge in [0.25, 0.3) is 10.1 Å². The molecule has 12 nitrogen and oxygen atoms in total. The average molecular weight is 487 g/mol. The number of aromatic carboxylic acids is 1. The van der Waals surface area contributed by atoms with Crippen LogP contribution >= 0.6 is 0 Å². The van der Waals surface area contributed by atoms with Crippen molar-refractivity contribution in [3.05, 3.63) is 33.9 Å². The summed E-state index contributed by atoms with van der Waals surface area (Å²) in [5.74, 6) is -2.03. The Balaban J connectivity index is 0.000000555. The van der Waals surface area contributed by atoms with E-state index in [1.807, 2.05) is 0 Å². The lowest BCUT2D eigenvalue weighted by Gasteiger charge is -2.19. The fourth-order valence-electron chi connectivity index (χ4n) is 3.60.